The summed E-state index contributed by atoms with van der Waals surface area (Å²) in [6, 6.07) is 7.90. The van der Waals surface area contributed by atoms with Crippen LogP contribution >= 0.6 is 0 Å². The summed E-state index contributed by atoms with van der Waals surface area (Å²) in [7, 11) is -0.0665. The molecule has 1 aromatic rings. The van der Waals surface area contributed by atoms with Crippen molar-refractivity contribution in [1.82, 2.24) is 0 Å². The molecule has 1 fully saturated rings. The van der Waals surface area contributed by atoms with Crippen LogP contribution in [0, 0.1) is 5.41 Å². The van der Waals surface area contributed by atoms with Gasteiger partial charge in [-0.2, -0.15) is 0 Å². The summed E-state index contributed by atoms with van der Waals surface area (Å²) < 4.78 is 24.6. The van der Waals surface area contributed by atoms with Crippen LogP contribution < -0.4 is 4.74 Å². The largest absolute Gasteiger partial charge is 0.497 e. The highest BCUT2D eigenvalue weighted by Crippen LogP contribution is 2.44. The first-order valence-electron chi connectivity index (χ1n) is 11.7. The number of rotatable bonds is 9. The molecule has 1 aliphatic rings. The van der Waals surface area contributed by atoms with Gasteiger partial charge in [-0.05, 0) is 50.0 Å². The highest BCUT2D eigenvalue weighted by atomic mass is 28.4. The molecule has 0 saturated carbocycles. The van der Waals surface area contributed by atoms with E-state index < -0.39 is 14.6 Å². The summed E-state index contributed by atoms with van der Waals surface area (Å²) in [6.45, 7) is 22.7. The topological polar surface area (TPSA) is 36.9 Å². The van der Waals surface area contributed by atoms with Crippen LogP contribution in [0.4, 0.5) is 0 Å². The molecule has 5 heteroatoms. The summed E-state index contributed by atoms with van der Waals surface area (Å²) in [4.78, 5) is 0. The average Bonchev–Trinajstić information content (AvgIpc) is 2.70. The van der Waals surface area contributed by atoms with Gasteiger partial charge >= 0.3 is 0 Å². The third kappa shape index (κ3) is 6.57. The molecule has 0 N–H and O–H groups in total. The van der Waals surface area contributed by atoms with E-state index in [0.717, 1.165) is 30.8 Å². The SMILES string of the molecule is C=CC[C@H]1OC(c2ccc(OC)cc2)OC(/C=C(\C)CCO[Si](C)(C)C(C)(C)C)C1(C)C. The van der Waals surface area contributed by atoms with Crippen LogP contribution in [0.15, 0.2) is 48.6 Å². The highest BCUT2D eigenvalue weighted by molar-refractivity contribution is 6.74. The molecule has 4 nitrogen and oxygen atoms in total. The fourth-order valence-corrected chi connectivity index (χ4v) is 4.60. The first-order valence-corrected chi connectivity index (χ1v) is 14.6. The van der Waals surface area contributed by atoms with E-state index in [1.54, 1.807) is 7.11 Å². The lowest BCUT2D eigenvalue weighted by Gasteiger charge is -2.47. The number of methoxy groups -OCH3 is 1. The van der Waals surface area contributed by atoms with E-state index in [1.807, 2.05) is 30.3 Å². The van der Waals surface area contributed by atoms with Crippen molar-refractivity contribution in [2.24, 2.45) is 5.41 Å². The molecule has 0 aromatic heterocycles. The minimum absolute atomic E-state index is 0.0124. The Morgan fingerprint density at radius 1 is 1.16 bits per heavy atom. The van der Waals surface area contributed by atoms with E-state index in [0.29, 0.717) is 0 Å². The Balaban J connectivity index is 2.17. The van der Waals surface area contributed by atoms with Gasteiger partial charge < -0.3 is 18.6 Å². The van der Waals surface area contributed by atoms with E-state index in [1.165, 1.54) is 5.57 Å². The van der Waals surface area contributed by atoms with E-state index in [2.05, 4.69) is 67.3 Å². The van der Waals surface area contributed by atoms with Gasteiger partial charge in [-0.3, -0.25) is 0 Å². The van der Waals surface area contributed by atoms with Crippen LogP contribution in [0.1, 0.15) is 66.2 Å². The Hall–Kier alpha value is -1.40. The number of ether oxygens (including phenoxy) is 3. The Kier molecular flexibility index (Phi) is 8.96. The van der Waals surface area contributed by atoms with Gasteiger partial charge in [0.2, 0.25) is 0 Å². The minimum atomic E-state index is -1.74. The summed E-state index contributed by atoms with van der Waals surface area (Å²) in [6.07, 6.45) is 5.41. The molecule has 2 rings (SSSR count). The fraction of sp³-hybridized carbons (Fsp3) is 0.630. The molecule has 1 aromatic carbocycles. The lowest BCUT2D eigenvalue weighted by molar-refractivity contribution is -0.285. The van der Waals surface area contributed by atoms with Crippen LogP contribution in [0.2, 0.25) is 18.1 Å². The van der Waals surface area contributed by atoms with Crippen molar-refractivity contribution in [3.8, 4) is 5.75 Å². The molecule has 1 heterocycles. The quantitative estimate of drug-likeness (QED) is 0.283. The normalized spacial score (nSPS) is 24.3. The highest BCUT2D eigenvalue weighted by Gasteiger charge is 2.44. The van der Waals surface area contributed by atoms with Gasteiger partial charge in [-0.1, -0.05) is 64.5 Å². The Morgan fingerprint density at radius 2 is 1.78 bits per heavy atom. The Morgan fingerprint density at radius 3 is 2.31 bits per heavy atom. The summed E-state index contributed by atoms with van der Waals surface area (Å²) >= 11 is 0. The fourth-order valence-electron chi connectivity index (χ4n) is 3.56. The molecule has 0 radical (unpaired) electrons. The van der Waals surface area contributed by atoms with E-state index in [-0.39, 0.29) is 22.7 Å². The zero-order valence-electron chi connectivity index (χ0n) is 21.7. The van der Waals surface area contributed by atoms with Gasteiger partial charge in [-0.15, -0.1) is 6.58 Å². The monoisotopic (exact) mass is 460 g/mol. The van der Waals surface area contributed by atoms with Crippen molar-refractivity contribution in [2.45, 2.75) is 91.0 Å². The molecule has 1 saturated heterocycles. The van der Waals surface area contributed by atoms with Crippen molar-refractivity contribution in [3.05, 3.63) is 54.1 Å². The van der Waals surface area contributed by atoms with E-state index in [4.69, 9.17) is 18.6 Å². The first kappa shape index (κ1) is 26.8. The van der Waals surface area contributed by atoms with E-state index in [9.17, 15) is 0 Å². The number of hydrogen-bond acceptors (Lipinski definition) is 4. The van der Waals surface area contributed by atoms with Crippen LogP contribution in [0.5, 0.6) is 5.75 Å². The van der Waals surface area contributed by atoms with Gasteiger partial charge in [0, 0.05) is 17.6 Å². The predicted molar refractivity (Wildman–Crippen MR) is 136 cm³/mol. The van der Waals surface area contributed by atoms with E-state index >= 15 is 0 Å². The number of benzene rings is 1. The number of hydrogen-bond donors (Lipinski definition) is 0. The maximum absolute atomic E-state index is 6.50. The lowest BCUT2D eigenvalue weighted by Crippen LogP contribution is -2.48. The molecule has 0 bridgehead atoms. The maximum atomic E-state index is 6.50. The molecular formula is C27H44O4Si. The molecule has 3 atom stereocenters. The second-order valence-corrected chi connectivity index (χ2v) is 15.8. The Labute approximate surface area is 197 Å². The molecule has 1 aliphatic heterocycles. The van der Waals surface area contributed by atoms with Gasteiger partial charge in [0.15, 0.2) is 14.6 Å². The summed E-state index contributed by atoms with van der Waals surface area (Å²) in [5.41, 5.74) is 2.10. The maximum Gasteiger partial charge on any atom is 0.191 e. The van der Waals surface area contributed by atoms with Crippen molar-refractivity contribution in [1.29, 1.82) is 0 Å². The molecule has 0 amide bonds. The third-order valence-electron chi connectivity index (χ3n) is 7.09. The van der Waals surface area contributed by atoms with Gasteiger partial charge in [0.05, 0.1) is 19.3 Å². The van der Waals surface area contributed by atoms with Crippen molar-refractivity contribution in [3.63, 3.8) is 0 Å². The van der Waals surface area contributed by atoms with Crippen molar-refractivity contribution in [2.75, 3.05) is 13.7 Å². The van der Waals surface area contributed by atoms with Crippen LogP contribution in [-0.4, -0.2) is 34.2 Å². The van der Waals surface area contributed by atoms with Crippen LogP contribution in [0.3, 0.4) is 0 Å². The molecule has 32 heavy (non-hydrogen) atoms. The predicted octanol–water partition coefficient (Wildman–Crippen LogP) is 7.44. The zero-order valence-corrected chi connectivity index (χ0v) is 22.7. The standard InChI is InChI=1S/C27H44O4Si/c1-11-12-23-27(6,7)24(19-20(2)17-18-29-32(9,10)26(3,4)5)31-25(30-23)21-13-15-22(28-8)16-14-21/h11,13-16,19,23-25H,1,12,17-18H2,2-10H3/b20-19+/t23-,24?,25?/m1/s1. The van der Waals surface area contributed by atoms with Crippen molar-refractivity contribution >= 4 is 8.32 Å². The molecule has 0 aliphatic carbocycles. The second kappa shape index (κ2) is 10.7. The lowest BCUT2D eigenvalue weighted by atomic mass is 9.77. The summed E-state index contributed by atoms with van der Waals surface area (Å²) in [5, 5.41) is 0.222. The minimum Gasteiger partial charge on any atom is -0.497 e. The summed E-state index contributed by atoms with van der Waals surface area (Å²) in [5.74, 6) is 0.821. The average molecular weight is 461 g/mol. The van der Waals surface area contributed by atoms with Crippen LogP contribution in [-0.2, 0) is 13.9 Å². The Bertz CT molecular complexity index is 774. The third-order valence-corrected chi connectivity index (χ3v) is 11.6. The molecule has 2 unspecified atom stereocenters. The second-order valence-electron chi connectivity index (χ2n) is 11.0. The first-order chi connectivity index (χ1) is 14.8. The smallest absolute Gasteiger partial charge is 0.191 e. The molecular weight excluding hydrogens is 416 g/mol. The van der Waals surface area contributed by atoms with Crippen molar-refractivity contribution < 1.29 is 18.6 Å². The van der Waals surface area contributed by atoms with Gasteiger partial charge in [0.25, 0.3) is 0 Å². The van der Waals surface area contributed by atoms with Gasteiger partial charge in [0.1, 0.15) is 5.75 Å². The zero-order chi connectivity index (χ0) is 24.2. The molecule has 180 valence electrons. The molecule has 0 spiro atoms. The van der Waals surface area contributed by atoms with Crippen LogP contribution in [0.25, 0.3) is 0 Å². The van der Waals surface area contributed by atoms with Gasteiger partial charge in [-0.25, -0.2) is 0 Å².